The van der Waals surface area contributed by atoms with Crippen molar-refractivity contribution in [1.82, 2.24) is 4.90 Å². The normalized spacial score (nSPS) is 18.3. The number of nitrogens with zero attached hydrogens (tertiary/aromatic N) is 1. The highest BCUT2D eigenvalue weighted by Gasteiger charge is 2.46. The maximum absolute atomic E-state index is 14.9. The van der Waals surface area contributed by atoms with E-state index in [1.807, 2.05) is 0 Å². The van der Waals surface area contributed by atoms with E-state index in [0.29, 0.717) is 6.07 Å². The van der Waals surface area contributed by atoms with Crippen molar-refractivity contribution in [2.75, 3.05) is 6.61 Å². The van der Waals surface area contributed by atoms with Gasteiger partial charge < -0.3 is 36.3 Å². The standard InChI is InChI=1S/C25H26F4N4O5.ClH/c1-11(30)21-20(23(32)35)33(19(22(31)34)15-6-5-14(26)9-16(15)27)24(38-21)13-4-7-17(37-25(28)29)18(8-13)36-10-12-2-3-12;/h4-9,11-12,19,24-25H,2-3,10,30H2,1H3,(H2,31,34)(H2,32,35);1H/t11-,19?,24?;/m0./s1. The van der Waals surface area contributed by atoms with Crippen molar-refractivity contribution in [2.24, 2.45) is 23.1 Å². The maximum atomic E-state index is 14.9. The van der Waals surface area contributed by atoms with E-state index in [1.54, 1.807) is 0 Å². The Balaban J connectivity index is 0.00000420. The molecular formula is C25H27ClF4N4O5. The maximum Gasteiger partial charge on any atom is 0.387 e. The number of alkyl halides is 2. The summed E-state index contributed by atoms with van der Waals surface area (Å²) in [6.45, 7) is -1.39. The van der Waals surface area contributed by atoms with Crippen molar-refractivity contribution in [1.29, 1.82) is 0 Å². The fourth-order valence-corrected chi connectivity index (χ4v) is 4.18. The second-order valence-electron chi connectivity index (χ2n) is 9.05. The van der Waals surface area contributed by atoms with Crippen LogP contribution in [0, 0.1) is 17.6 Å². The lowest BCUT2D eigenvalue weighted by Gasteiger charge is -2.33. The Morgan fingerprint density at radius 1 is 1.10 bits per heavy atom. The van der Waals surface area contributed by atoms with Crippen LogP contribution in [0.4, 0.5) is 17.6 Å². The summed E-state index contributed by atoms with van der Waals surface area (Å²) in [6, 6.07) is 3.73. The van der Waals surface area contributed by atoms with E-state index in [2.05, 4.69) is 4.74 Å². The van der Waals surface area contributed by atoms with Gasteiger partial charge in [-0.05, 0) is 49.9 Å². The fraction of sp³-hybridized carbons (Fsp3) is 0.360. The number of hydrogen-bond acceptors (Lipinski definition) is 7. The zero-order chi connectivity index (χ0) is 27.7. The minimum Gasteiger partial charge on any atom is -0.489 e. The van der Waals surface area contributed by atoms with E-state index in [-0.39, 0.29) is 59.0 Å². The number of hydrogen-bond donors (Lipinski definition) is 3. The SMILES string of the molecule is C[C@H](N)C1=C(C(N)=O)N(C(C(N)=O)c2ccc(F)cc2F)C(c2ccc(OC(F)F)c(OCC3CC3)c2)O1.Cl. The molecule has 0 radical (unpaired) electrons. The first kappa shape index (κ1) is 29.8. The molecule has 1 saturated carbocycles. The first-order valence-corrected chi connectivity index (χ1v) is 11.7. The van der Waals surface area contributed by atoms with Gasteiger partial charge in [0.25, 0.3) is 5.91 Å². The van der Waals surface area contributed by atoms with E-state index >= 15 is 0 Å². The van der Waals surface area contributed by atoms with Crippen LogP contribution in [0.2, 0.25) is 0 Å². The summed E-state index contributed by atoms with van der Waals surface area (Å²) in [6.07, 6.45) is 0.499. The number of nitrogens with two attached hydrogens (primary N) is 3. The van der Waals surface area contributed by atoms with Gasteiger partial charge in [-0.2, -0.15) is 8.78 Å². The lowest BCUT2D eigenvalue weighted by atomic mass is 10.0. The van der Waals surface area contributed by atoms with Gasteiger partial charge in [-0.15, -0.1) is 12.4 Å². The summed E-state index contributed by atoms with van der Waals surface area (Å²) in [4.78, 5) is 26.3. The molecule has 1 fully saturated rings. The van der Waals surface area contributed by atoms with Crippen molar-refractivity contribution >= 4 is 24.2 Å². The molecule has 2 aromatic rings. The van der Waals surface area contributed by atoms with Crippen molar-refractivity contribution in [3.05, 3.63) is 70.6 Å². The average molecular weight is 575 g/mol. The Labute approximate surface area is 227 Å². The number of rotatable bonds is 11. The molecule has 2 unspecified atom stereocenters. The summed E-state index contributed by atoms with van der Waals surface area (Å²) in [5.41, 5.74) is 16.8. The summed E-state index contributed by atoms with van der Waals surface area (Å²) < 4.78 is 70.8. The van der Waals surface area contributed by atoms with E-state index in [1.165, 1.54) is 25.1 Å². The molecule has 0 bridgehead atoms. The van der Waals surface area contributed by atoms with E-state index in [0.717, 1.165) is 29.9 Å². The highest BCUT2D eigenvalue weighted by molar-refractivity contribution is 5.94. The molecule has 2 aromatic carbocycles. The van der Waals surface area contributed by atoms with Gasteiger partial charge in [-0.1, -0.05) is 6.07 Å². The van der Waals surface area contributed by atoms with Crippen LogP contribution in [0.1, 0.15) is 43.2 Å². The van der Waals surface area contributed by atoms with Gasteiger partial charge in [0.1, 0.15) is 29.1 Å². The van der Waals surface area contributed by atoms with Crippen molar-refractivity contribution in [3.8, 4) is 11.5 Å². The van der Waals surface area contributed by atoms with Gasteiger partial charge in [0, 0.05) is 17.2 Å². The Morgan fingerprint density at radius 2 is 1.79 bits per heavy atom. The molecule has 14 heteroatoms. The predicted octanol–water partition coefficient (Wildman–Crippen LogP) is 3.38. The molecule has 1 heterocycles. The minimum atomic E-state index is -3.13. The molecule has 2 amide bonds. The molecule has 0 spiro atoms. The lowest BCUT2D eigenvalue weighted by Crippen LogP contribution is -2.41. The number of benzene rings is 2. The van der Waals surface area contributed by atoms with Crippen LogP contribution in [-0.2, 0) is 14.3 Å². The molecule has 1 aliphatic heterocycles. The highest BCUT2D eigenvalue weighted by atomic mass is 35.5. The average Bonchev–Trinajstić information content (AvgIpc) is 3.57. The van der Waals surface area contributed by atoms with Crippen LogP contribution < -0.4 is 26.7 Å². The monoisotopic (exact) mass is 574 g/mol. The Morgan fingerprint density at radius 3 is 2.33 bits per heavy atom. The quantitative estimate of drug-likeness (QED) is 0.349. The van der Waals surface area contributed by atoms with Crippen LogP contribution in [0.5, 0.6) is 11.5 Å². The summed E-state index contributed by atoms with van der Waals surface area (Å²) >= 11 is 0. The molecule has 2 aliphatic rings. The number of carbonyl (C=O) groups is 2. The third-order valence-corrected chi connectivity index (χ3v) is 6.07. The molecule has 1 aliphatic carbocycles. The topological polar surface area (TPSA) is 143 Å². The molecule has 3 atom stereocenters. The number of ether oxygens (including phenoxy) is 3. The Kier molecular flexibility index (Phi) is 9.18. The van der Waals surface area contributed by atoms with Gasteiger partial charge >= 0.3 is 6.61 Å². The van der Waals surface area contributed by atoms with Gasteiger partial charge in [0.15, 0.2) is 17.7 Å². The van der Waals surface area contributed by atoms with Gasteiger partial charge in [-0.3, -0.25) is 9.59 Å². The Bertz CT molecular complexity index is 1280. The number of amides is 2. The first-order chi connectivity index (χ1) is 18.0. The predicted molar refractivity (Wildman–Crippen MR) is 132 cm³/mol. The zero-order valence-corrected chi connectivity index (χ0v) is 21.4. The van der Waals surface area contributed by atoms with E-state index in [4.69, 9.17) is 26.7 Å². The lowest BCUT2D eigenvalue weighted by molar-refractivity contribution is -0.127. The van der Waals surface area contributed by atoms with E-state index in [9.17, 15) is 27.2 Å². The van der Waals surface area contributed by atoms with Crippen molar-refractivity contribution < 1.29 is 41.4 Å². The van der Waals surface area contributed by atoms with E-state index < -0.39 is 48.4 Å². The summed E-state index contributed by atoms with van der Waals surface area (Å²) in [7, 11) is 0. The zero-order valence-electron chi connectivity index (χ0n) is 20.6. The summed E-state index contributed by atoms with van der Waals surface area (Å²) in [5, 5.41) is 0. The van der Waals surface area contributed by atoms with Crippen LogP contribution >= 0.6 is 12.4 Å². The smallest absolute Gasteiger partial charge is 0.387 e. The third-order valence-electron chi connectivity index (χ3n) is 6.07. The molecular weight excluding hydrogens is 548 g/mol. The second kappa shape index (κ2) is 12.0. The van der Waals surface area contributed by atoms with Gasteiger partial charge in [0.05, 0.1) is 12.6 Å². The summed E-state index contributed by atoms with van der Waals surface area (Å²) in [5.74, 6) is -4.34. The van der Waals surface area contributed by atoms with Gasteiger partial charge in [0.2, 0.25) is 5.91 Å². The largest absolute Gasteiger partial charge is 0.489 e. The number of carbonyl (C=O) groups excluding carboxylic acids is 2. The molecule has 6 N–H and O–H groups in total. The number of halogens is 5. The highest BCUT2D eigenvalue weighted by Crippen LogP contribution is 2.46. The van der Waals surface area contributed by atoms with Crippen molar-refractivity contribution in [2.45, 2.75) is 44.7 Å². The minimum absolute atomic E-state index is 0. The molecule has 4 rings (SSSR count). The van der Waals surface area contributed by atoms with Gasteiger partial charge in [-0.25, -0.2) is 8.78 Å². The van der Waals surface area contributed by atoms with Crippen LogP contribution in [-0.4, -0.2) is 36.0 Å². The van der Waals surface area contributed by atoms with Crippen LogP contribution in [0.3, 0.4) is 0 Å². The molecule has 212 valence electrons. The van der Waals surface area contributed by atoms with Crippen molar-refractivity contribution in [3.63, 3.8) is 0 Å². The fourth-order valence-electron chi connectivity index (χ4n) is 4.18. The van der Waals surface area contributed by atoms with Crippen LogP contribution in [0.15, 0.2) is 47.9 Å². The second-order valence-corrected chi connectivity index (χ2v) is 9.05. The third kappa shape index (κ3) is 6.48. The van der Waals surface area contributed by atoms with Crippen LogP contribution in [0.25, 0.3) is 0 Å². The first-order valence-electron chi connectivity index (χ1n) is 11.7. The molecule has 9 nitrogen and oxygen atoms in total. The molecule has 39 heavy (non-hydrogen) atoms. The molecule has 0 aromatic heterocycles. The number of primary amides is 2. The molecule has 0 saturated heterocycles. The Hall–Kier alpha value is -3.71.